The first kappa shape index (κ1) is 20.6. The quantitative estimate of drug-likeness (QED) is 0.543. The number of piperidine rings is 1. The Morgan fingerprint density at radius 1 is 0.964 bits per heavy atom. The van der Waals surface area contributed by atoms with Gasteiger partial charge in [0.2, 0.25) is 5.91 Å². The molecule has 6 atom stereocenters. The van der Waals surface area contributed by atoms with Crippen molar-refractivity contribution >= 4 is 13.0 Å². The van der Waals surface area contributed by atoms with Gasteiger partial charge in [-0.2, -0.15) is 0 Å². The standard InChI is InChI=1S/C21H38BN3O3/c23-13-14-2-1-3-16(10-14)15-6-8-25(9-7-15)21(26)20-11-17-4-5-18(22(27)28)12-19(17)24-20/h14-20,24,27-28H,1-13,23H2. The van der Waals surface area contributed by atoms with Crippen LogP contribution >= 0.6 is 0 Å². The van der Waals surface area contributed by atoms with Crippen LogP contribution in [0.5, 0.6) is 0 Å². The number of likely N-dealkylation sites (tertiary alicyclic amines) is 1. The summed E-state index contributed by atoms with van der Waals surface area (Å²) in [7, 11) is -1.23. The number of nitrogens with one attached hydrogen (secondary N) is 1. The summed E-state index contributed by atoms with van der Waals surface area (Å²) in [5.74, 6) is 3.03. The Hall–Kier alpha value is -0.625. The van der Waals surface area contributed by atoms with E-state index in [1.807, 2.05) is 0 Å². The van der Waals surface area contributed by atoms with E-state index in [9.17, 15) is 14.8 Å². The lowest BCUT2D eigenvalue weighted by molar-refractivity contribution is -0.135. The topological polar surface area (TPSA) is 98.8 Å². The van der Waals surface area contributed by atoms with Crippen molar-refractivity contribution in [2.75, 3.05) is 19.6 Å². The number of amides is 1. The fraction of sp³-hybridized carbons (Fsp3) is 0.952. The molecule has 0 radical (unpaired) electrons. The molecule has 5 N–H and O–H groups in total. The maximum absolute atomic E-state index is 13.1. The lowest BCUT2D eigenvalue weighted by atomic mass is 9.62. The van der Waals surface area contributed by atoms with Gasteiger partial charge in [0.15, 0.2) is 0 Å². The summed E-state index contributed by atoms with van der Waals surface area (Å²) in [5, 5.41) is 22.5. The number of carbonyl (C=O) groups is 1. The van der Waals surface area contributed by atoms with Crippen LogP contribution in [-0.2, 0) is 4.79 Å². The molecule has 158 valence electrons. The Balaban J connectivity index is 1.26. The van der Waals surface area contributed by atoms with E-state index in [4.69, 9.17) is 5.73 Å². The van der Waals surface area contributed by atoms with E-state index in [2.05, 4.69) is 10.2 Å². The summed E-state index contributed by atoms with van der Waals surface area (Å²) >= 11 is 0. The molecule has 1 amide bonds. The van der Waals surface area contributed by atoms with E-state index in [1.54, 1.807) is 0 Å². The molecule has 2 saturated heterocycles. The second-order valence-electron chi connectivity index (χ2n) is 10.00. The zero-order chi connectivity index (χ0) is 19.7. The van der Waals surface area contributed by atoms with Gasteiger partial charge in [-0.05, 0) is 81.0 Å². The van der Waals surface area contributed by atoms with Crippen LogP contribution in [0.15, 0.2) is 0 Å². The van der Waals surface area contributed by atoms with E-state index in [1.165, 1.54) is 25.7 Å². The molecule has 4 fully saturated rings. The van der Waals surface area contributed by atoms with E-state index < -0.39 is 7.12 Å². The molecule has 28 heavy (non-hydrogen) atoms. The van der Waals surface area contributed by atoms with Crippen LogP contribution in [0.2, 0.25) is 5.82 Å². The van der Waals surface area contributed by atoms with Gasteiger partial charge in [-0.15, -0.1) is 0 Å². The van der Waals surface area contributed by atoms with Gasteiger partial charge in [0, 0.05) is 19.1 Å². The van der Waals surface area contributed by atoms with Gasteiger partial charge in [-0.1, -0.05) is 19.3 Å². The van der Waals surface area contributed by atoms with Crippen molar-refractivity contribution in [3.63, 3.8) is 0 Å². The number of nitrogens with zero attached hydrogens (tertiary/aromatic N) is 1. The molecule has 2 heterocycles. The van der Waals surface area contributed by atoms with Gasteiger partial charge in [-0.3, -0.25) is 4.79 Å². The summed E-state index contributed by atoms with van der Waals surface area (Å²) in [6.07, 6.45) is 11.1. The van der Waals surface area contributed by atoms with Gasteiger partial charge in [0.1, 0.15) is 0 Å². The van der Waals surface area contributed by atoms with Crippen LogP contribution in [0.3, 0.4) is 0 Å². The molecular formula is C21H38BN3O3. The predicted octanol–water partition coefficient (Wildman–Crippen LogP) is 1.36. The molecule has 6 unspecified atom stereocenters. The number of rotatable bonds is 4. The molecule has 6 nitrogen and oxygen atoms in total. The summed E-state index contributed by atoms with van der Waals surface area (Å²) in [6.45, 7) is 2.63. The monoisotopic (exact) mass is 391 g/mol. The minimum atomic E-state index is -1.23. The Morgan fingerprint density at radius 2 is 1.75 bits per heavy atom. The molecule has 7 heteroatoms. The van der Waals surface area contributed by atoms with E-state index in [0.29, 0.717) is 11.8 Å². The van der Waals surface area contributed by atoms with Gasteiger partial charge in [0.05, 0.1) is 6.04 Å². The highest BCUT2D eigenvalue weighted by molar-refractivity contribution is 6.43. The van der Waals surface area contributed by atoms with Gasteiger partial charge in [0.25, 0.3) is 0 Å². The number of fused-ring (bicyclic) bond motifs is 1. The molecule has 2 saturated carbocycles. The van der Waals surface area contributed by atoms with Gasteiger partial charge in [-0.25, -0.2) is 0 Å². The second-order valence-corrected chi connectivity index (χ2v) is 10.00. The first-order valence-corrected chi connectivity index (χ1v) is 11.7. The Kier molecular flexibility index (Phi) is 6.65. The minimum Gasteiger partial charge on any atom is -0.427 e. The molecule has 0 spiro atoms. The van der Waals surface area contributed by atoms with E-state index in [0.717, 1.165) is 70.0 Å². The zero-order valence-corrected chi connectivity index (χ0v) is 17.1. The smallest absolute Gasteiger partial charge is 0.427 e. The third-order valence-corrected chi connectivity index (χ3v) is 8.38. The average Bonchev–Trinajstić information content (AvgIpc) is 3.16. The predicted molar refractivity (Wildman–Crippen MR) is 110 cm³/mol. The summed E-state index contributed by atoms with van der Waals surface area (Å²) < 4.78 is 0. The minimum absolute atomic E-state index is 0.0498. The van der Waals surface area contributed by atoms with E-state index >= 15 is 0 Å². The molecule has 4 aliphatic rings. The van der Waals surface area contributed by atoms with Crippen molar-refractivity contribution in [2.45, 2.75) is 82.1 Å². The molecule has 0 aromatic rings. The molecule has 0 bridgehead atoms. The van der Waals surface area contributed by atoms with Crippen molar-refractivity contribution in [1.82, 2.24) is 10.2 Å². The van der Waals surface area contributed by atoms with Crippen LogP contribution in [0, 0.1) is 23.7 Å². The molecule has 4 rings (SSSR count). The Labute approximate surface area is 169 Å². The van der Waals surface area contributed by atoms with Crippen molar-refractivity contribution in [3.8, 4) is 0 Å². The van der Waals surface area contributed by atoms with Crippen LogP contribution < -0.4 is 11.1 Å². The van der Waals surface area contributed by atoms with E-state index in [-0.39, 0.29) is 23.8 Å². The highest BCUT2D eigenvalue weighted by Gasteiger charge is 2.44. The number of hydrogen-bond acceptors (Lipinski definition) is 5. The average molecular weight is 391 g/mol. The number of hydrogen-bond donors (Lipinski definition) is 4. The first-order chi connectivity index (χ1) is 13.5. The highest BCUT2D eigenvalue weighted by atomic mass is 16.4. The molecule has 0 aromatic heterocycles. The number of carbonyl (C=O) groups excluding carboxylic acids is 1. The third-order valence-electron chi connectivity index (χ3n) is 8.38. The number of nitrogens with two attached hydrogens (primary N) is 1. The lowest BCUT2D eigenvalue weighted by Gasteiger charge is -2.40. The van der Waals surface area contributed by atoms with Crippen molar-refractivity contribution in [1.29, 1.82) is 0 Å². The molecule has 2 aliphatic carbocycles. The zero-order valence-electron chi connectivity index (χ0n) is 17.1. The summed E-state index contributed by atoms with van der Waals surface area (Å²) in [4.78, 5) is 15.2. The largest absolute Gasteiger partial charge is 0.454 e. The Bertz CT molecular complexity index is 541. The van der Waals surface area contributed by atoms with Crippen LogP contribution in [0.1, 0.15) is 64.2 Å². The molecule has 0 aromatic carbocycles. The molecule has 2 aliphatic heterocycles. The van der Waals surface area contributed by atoms with Gasteiger partial charge >= 0.3 is 7.12 Å². The first-order valence-electron chi connectivity index (χ1n) is 11.7. The fourth-order valence-electron chi connectivity index (χ4n) is 6.61. The van der Waals surface area contributed by atoms with Crippen molar-refractivity contribution in [3.05, 3.63) is 0 Å². The molecular weight excluding hydrogens is 353 g/mol. The normalized spacial score (nSPS) is 39.6. The maximum Gasteiger partial charge on any atom is 0.454 e. The maximum atomic E-state index is 13.1. The van der Waals surface area contributed by atoms with Crippen LogP contribution in [0.4, 0.5) is 0 Å². The third kappa shape index (κ3) is 4.42. The Morgan fingerprint density at radius 3 is 2.46 bits per heavy atom. The SMILES string of the molecule is NCC1CCCC(C2CCN(C(=O)C3CC4CCC(B(O)O)CC4N3)CC2)C1. The van der Waals surface area contributed by atoms with Gasteiger partial charge < -0.3 is 26.0 Å². The highest BCUT2D eigenvalue weighted by Crippen LogP contribution is 2.41. The lowest BCUT2D eigenvalue weighted by Crippen LogP contribution is -2.49. The van der Waals surface area contributed by atoms with Crippen LogP contribution in [0.25, 0.3) is 0 Å². The summed E-state index contributed by atoms with van der Waals surface area (Å²) in [5.41, 5.74) is 5.91. The summed E-state index contributed by atoms with van der Waals surface area (Å²) in [6, 6.07) is 0.194. The van der Waals surface area contributed by atoms with Crippen molar-refractivity contribution < 1.29 is 14.8 Å². The van der Waals surface area contributed by atoms with Crippen molar-refractivity contribution in [2.24, 2.45) is 29.4 Å². The fourth-order valence-corrected chi connectivity index (χ4v) is 6.61. The van der Waals surface area contributed by atoms with Crippen LogP contribution in [-0.4, -0.2) is 59.7 Å². The second kappa shape index (κ2) is 9.03.